The van der Waals surface area contributed by atoms with Gasteiger partial charge < -0.3 is 14.6 Å². The van der Waals surface area contributed by atoms with E-state index in [9.17, 15) is 22.8 Å². The molecule has 0 bridgehead atoms. The summed E-state index contributed by atoms with van der Waals surface area (Å²) in [5.41, 5.74) is 0.109. The van der Waals surface area contributed by atoms with Crippen molar-refractivity contribution in [3.63, 3.8) is 0 Å². The molecular weight excluding hydrogens is 301 g/mol. The van der Waals surface area contributed by atoms with Gasteiger partial charge in [-0.25, -0.2) is 0 Å². The number of hydrogen-bond donors (Lipinski definition) is 1. The predicted octanol–water partition coefficient (Wildman–Crippen LogP) is 2.26. The number of furan rings is 1. The molecule has 0 saturated carbocycles. The maximum Gasteiger partial charge on any atom is 0.408 e. The Morgan fingerprint density at radius 3 is 2.55 bits per heavy atom. The lowest BCUT2D eigenvalue weighted by Crippen LogP contribution is -2.58. The molecule has 1 N–H and O–H groups in total. The Balaban J connectivity index is 2.25. The minimum absolute atomic E-state index is 0.109. The average Bonchev–Trinajstić information content (AvgIpc) is 2.82. The first-order chi connectivity index (χ1) is 10.2. The Morgan fingerprint density at radius 1 is 1.36 bits per heavy atom. The number of carbonyl (C=O) groups excluding carboxylic acids is 2. The highest BCUT2D eigenvalue weighted by Crippen LogP contribution is 2.33. The van der Waals surface area contributed by atoms with Gasteiger partial charge in [-0.2, -0.15) is 13.2 Å². The molecular formula is C14H17F3N2O3. The minimum atomic E-state index is -4.51. The summed E-state index contributed by atoms with van der Waals surface area (Å²) in [5.74, 6) is -0.793. The van der Waals surface area contributed by atoms with Crippen LogP contribution in [0.2, 0.25) is 0 Å². The maximum atomic E-state index is 13.2. The first kappa shape index (κ1) is 16.4. The molecule has 0 radical (unpaired) electrons. The van der Waals surface area contributed by atoms with Crippen molar-refractivity contribution in [3.8, 4) is 0 Å². The fraction of sp³-hybridized carbons (Fsp3) is 0.571. The zero-order chi connectivity index (χ0) is 16.5. The van der Waals surface area contributed by atoms with E-state index >= 15 is 0 Å². The second kappa shape index (κ2) is 6.02. The Kier molecular flexibility index (Phi) is 4.48. The number of alkyl halides is 3. The van der Waals surface area contributed by atoms with Crippen LogP contribution >= 0.6 is 0 Å². The first-order valence-electron chi connectivity index (χ1n) is 6.89. The van der Waals surface area contributed by atoms with Crippen LogP contribution in [0.5, 0.6) is 0 Å². The normalized spacial score (nSPS) is 22.5. The SMILES string of the molecule is CC(=O)NC1CCC(C(F)(F)F)N(C(=O)c2ccoc2C)C1. The molecule has 5 nitrogen and oxygen atoms in total. The van der Waals surface area contributed by atoms with E-state index in [4.69, 9.17) is 4.42 Å². The number of aryl methyl sites for hydroxylation is 1. The molecule has 1 aromatic rings. The van der Waals surface area contributed by atoms with Crippen LogP contribution in [0.1, 0.15) is 35.9 Å². The highest BCUT2D eigenvalue weighted by atomic mass is 19.4. The van der Waals surface area contributed by atoms with Crippen LogP contribution in [-0.2, 0) is 4.79 Å². The van der Waals surface area contributed by atoms with Crippen LogP contribution in [0.4, 0.5) is 13.2 Å². The summed E-state index contributed by atoms with van der Waals surface area (Å²) >= 11 is 0. The van der Waals surface area contributed by atoms with Crippen molar-refractivity contribution in [2.45, 2.75) is 44.9 Å². The molecule has 122 valence electrons. The molecule has 1 aromatic heterocycles. The van der Waals surface area contributed by atoms with E-state index in [-0.39, 0.29) is 36.6 Å². The molecule has 1 fully saturated rings. The van der Waals surface area contributed by atoms with E-state index in [0.29, 0.717) is 0 Å². The van der Waals surface area contributed by atoms with Crippen molar-refractivity contribution in [1.82, 2.24) is 10.2 Å². The molecule has 2 amide bonds. The van der Waals surface area contributed by atoms with E-state index in [1.807, 2.05) is 0 Å². The number of carbonyl (C=O) groups is 2. The zero-order valence-corrected chi connectivity index (χ0v) is 12.2. The van der Waals surface area contributed by atoms with Gasteiger partial charge in [0, 0.05) is 19.5 Å². The molecule has 22 heavy (non-hydrogen) atoms. The van der Waals surface area contributed by atoms with Crippen molar-refractivity contribution in [2.75, 3.05) is 6.54 Å². The van der Waals surface area contributed by atoms with Gasteiger partial charge in [0.25, 0.3) is 5.91 Å². The number of nitrogens with one attached hydrogen (secondary N) is 1. The monoisotopic (exact) mass is 318 g/mol. The topological polar surface area (TPSA) is 62.6 Å². The lowest BCUT2D eigenvalue weighted by atomic mass is 9.96. The van der Waals surface area contributed by atoms with E-state index in [1.165, 1.54) is 26.2 Å². The average molecular weight is 318 g/mol. The van der Waals surface area contributed by atoms with Gasteiger partial charge in [-0.15, -0.1) is 0 Å². The van der Waals surface area contributed by atoms with E-state index < -0.39 is 24.2 Å². The van der Waals surface area contributed by atoms with E-state index in [2.05, 4.69) is 5.32 Å². The fourth-order valence-electron chi connectivity index (χ4n) is 2.70. The first-order valence-corrected chi connectivity index (χ1v) is 6.89. The van der Waals surface area contributed by atoms with Crippen LogP contribution in [-0.4, -0.2) is 41.5 Å². The van der Waals surface area contributed by atoms with Crippen molar-refractivity contribution < 1.29 is 27.2 Å². The summed E-state index contributed by atoms with van der Waals surface area (Å²) in [6.45, 7) is 2.64. The Morgan fingerprint density at radius 2 is 2.05 bits per heavy atom. The van der Waals surface area contributed by atoms with Gasteiger partial charge in [0.15, 0.2) is 0 Å². The number of nitrogens with zero attached hydrogens (tertiary/aromatic N) is 1. The molecule has 2 rings (SSSR count). The standard InChI is InChI=1S/C14H17F3N2O3/c1-8-11(5-6-22-8)13(21)19-7-10(18-9(2)20)3-4-12(19)14(15,16)17/h5-6,10,12H,3-4,7H2,1-2H3,(H,18,20). The lowest BCUT2D eigenvalue weighted by molar-refractivity contribution is -0.184. The molecule has 8 heteroatoms. The molecule has 0 aliphatic carbocycles. The largest absolute Gasteiger partial charge is 0.469 e. The smallest absolute Gasteiger partial charge is 0.408 e. The quantitative estimate of drug-likeness (QED) is 0.910. The van der Waals surface area contributed by atoms with Gasteiger partial charge in [0.05, 0.1) is 11.8 Å². The molecule has 1 saturated heterocycles. The van der Waals surface area contributed by atoms with Crippen LogP contribution in [0.15, 0.2) is 16.7 Å². The summed E-state index contributed by atoms with van der Waals surface area (Å²) in [5, 5.41) is 2.57. The third-order valence-electron chi connectivity index (χ3n) is 3.72. The van der Waals surface area contributed by atoms with E-state index in [0.717, 1.165) is 4.90 Å². The van der Waals surface area contributed by atoms with Gasteiger partial charge in [-0.05, 0) is 25.8 Å². The van der Waals surface area contributed by atoms with Crippen molar-refractivity contribution in [3.05, 3.63) is 23.7 Å². The summed E-state index contributed by atoms with van der Waals surface area (Å²) in [7, 11) is 0. The fourth-order valence-corrected chi connectivity index (χ4v) is 2.70. The highest BCUT2D eigenvalue weighted by Gasteiger charge is 2.48. The molecule has 0 aromatic carbocycles. The number of halogens is 3. The lowest BCUT2D eigenvalue weighted by Gasteiger charge is -2.40. The van der Waals surface area contributed by atoms with Crippen molar-refractivity contribution in [1.29, 1.82) is 0 Å². The number of likely N-dealkylation sites (tertiary alicyclic amines) is 1. The van der Waals surface area contributed by atoms with Gasteiger partial charge in [-0.3, -0.25) is 9.59 Å². The van der Waals surface area contributed by atoms with Gasteiger partial charge in [0.2, 0.25) is 5.91 Å². The van der Waals surface area contributed by atoms with Crippen LogP contribution in [0.25, 0.3) is 0 Å². The maximum absolute atomic E-state index is 13.2. The van der Waals surface area contributed by atoms with Crippen LogP contribution in [0, 0.1) is 6.92 Å². The number of rotatable bonds is 2. The summed E-state index contributed by atoms with van der Waals surface area (Å²) < 4.78 is 44.5. The van der Waals surface area contributed by atoms with Gasteiger partial charge >= 0.3 is 6.18 Å². The van der Waals surface area contributed by atoms with E-state index in [1.54, 1.807) is 0 Å². The Bertz CT molecular complexity index is 568. The second-order valence-corrected chi connectivity index (χ2v) is 5.38. The number of piperidine rings is 1. The van der Waals surface area contributed by atoms with Crippen LogP contribution < -0.4 is 5.32 Å². The molecule has 0 spiro atoms. The van der Waals surface area contributed by atoms with Gasteiger partial charge in [-0.1, -0.05) is 0 Å². The third-order valence-corrected chi connectivity index (χ3v) is 3.72. The zero-order valence-electron chi connectivity index (χ0n) is 12.2. The predicted molar refractivity (Wildman–Crippen MR) is 71.2 cm³/mol. The summed E-state index contributed by atoms with van der Waals surface area (Å²) in [6.07, 6.45) is -3.30. The third kappa shape index (κ3) is 3.42. The van der Waals surface area contributed by atoms with Crippen molar-refractivity contribution >= 4 is 11.8 Å². The molecule has 1 aliphatic rings. The van der Waals surface area contributed by atoms with Crippen LogP contribution in [0.3, 0.4) is 0 Å². The highest BCUT2D eigenvalue weighted by molar-refractivity contribution is 5.95. The summed E-state index contributed by atoms with van der Waals surface area (Å²) in [6, 6.07) is -0.973. The Hall–Kier alpha value is -1.99. The minimum Gasteiger partial charge on any atom is -0.469 e. The summed E-state index contributed by atoms with van der Waals surface area (Å²) in [4.78, 5) is 24.3. The van der Waals surface area contributed by atoms with Crippen molar-refractivity contribution in [2.24, 2.45) is 0 Å². The molecule has 1 aliphatic heterocycles. The molecule has 2 unspecified atom stereocenters. The Labute approximate surface area is 125 Å². The molecule has 2 heterocycles. The number of hydrogen-bond acceptors (Lipinski definition) is 3. The molecule has 2 atom stereocenters. The second-order valence-electron chi connectivity index (χ2n) is 5.38. The van der Waals surface area contributed by atoms with Gasteiger partial charge in [0.1, 0.15) is 11.8 Å². The number of amides is 2.